The van der Waals surface area contributed by atoms with Gasteiger partial charge in [-0.25, -0.2) is 4.79 Å². The second kappa shape index (κ2) is 9.25. The minimum absolute atomic E-state index is 0.0145. The van der Waals surface area contributed by atoms with Gasteiger partial charge in [0.25, 0.3) is 0 Å². The Morgan fingerprint density at radius 2 is 1.75 bits per heavy atom. The molecule has 6 nitrogen and oxygen atoms in total. The number of likely N-dealkylation sites (tertiary alicyclic amines) is 1. The molecule has 1 aromatic rings. The fraction of sp³-hybridized carbons (Fsp3) is 0.611. The van der Waals surface area contributed by atoms with Crippen LogP contribution in [0.4, 0.5) is 0 Å². The minimum Gasteiger partial charge on any atom is -0.464 e. The minimum atomic E-state index is -0.425. The number of hydrogen-bond donors (Lipinski definition) is 0. The van der Waals surface area contributed by atoms with Crippen molar-refractivity contribution >= 4 is 17.8 Å². The van der Waals surface area contributed by atoms with E-state index in [0.717, 1.165) is 12.8 Å². The van der Waals surface area contributed by atoms with E-state index in [1.165, 1.54) is 0 Å². The Hall–Kier alpha value is -2.11. The van der Waals surface area contributed by atoms with E-state index < -0.39 is 6.04 Å². The molecule has 1 fully saturated rings. The molecule has 0 N–H and O–H groups in total. The van der Waals surface area contributed by atoms with E-state index in [-0.39, 0.29) is 17.8 Å². The summed E-state index contributed by atoms with van der Waals surface area (Å²) in [4.78, 5) is 37.8. The number of amides is 1. The third-order valence-electron chi connectivity index (χ3n) is 4.22. The smallest absolute Gasteiger partial charge is 0.328 e. The van der Waals surface area contributed by atoms with Gasteiger partial charge in [-0.05, 0) is 44.2 Å². The second-order valence-electron chi connectivity index (χ2n) is 6.10. The third kappa shape index (κ3) is 4.94. The Kier molecular flexibility index (Phi) is 7.03. The lowest BCUT2D eigenvalue weighted by molar-refractivity contribution is -0.153. The molecule has 0 spiro atoms. The van der Waals surface area contributed by atoms with Crippen LogP contribution in [-0.2, 0) is 14.3 Å². The van der Waals surface area contributed by atoms with Gasteiger partial charge >= 0.3 is 5.97 Å². The summed E-state index contributed by atoms with van der Waals surface area (Å²) in [7, 11) is 0. The number of hydrogen-bond acceptors (Lipinski definition) is 4. The van der Waals surface area contributed by atoms with Crippen molar-refractivity contribution in [3.63, 3.8) is 0 Å². The van der Waals surface area contributed by atoms with Crippen LogP contribution >= 0.6 is 0 Å². The zero-order valence-electron chi connectivity index (χ0n) is 14.3. The van der Waals surface area contributed by atoms with Crippen molar-refractivity contribution in [2.45, 2.75) is 57.9 Å². The molecule has 1 atom stereocenters. The lowest BCUT2D eigenvalue weighted by atomic mass is 10.1. The molecular formula is C18H26N2O4. The van der Waals surface area contributed by atoms with Crippen LogP contribution in [0.15, 0.2) is 24.5 Å². The van der Waals surface area contributed by atoms with Gasteiger partial charge in [0, 0.05) is 31.8 Å². The summed E-state index contributed by atoms with van der Waals surface area (Å²) in [6.07, 6.45) is 7.86. The molecule has 1 aliphatic rings. The molecule has 0 saturated carbocycles. The summed E-state index contributed by atoms with van der Waals surface area (Å²) >= 11 is 0. The Morgan fingerprint density at radius 1 is 1.08 bits per heavy atom. The molecule has 6 heteroatoms. The first-order valence-corrected chi connectivity index (χ1v) is 8.75. The Bertz CT molecular complexity index is 553. The van der Waals surface area contributed by atoms with E-state index in [9.17, 15) is 14.4 Å². The van der Waals surface area contributed by atoms with E-state index in [2.05, 4.69) is 0 Å². The van der Waals surface area contributed by atoms with Crippen LogP contribution in [0, 0.1) is 0 Å². The molecule has 24 heavy (non-hydrogen) atoms. The first kappa shape index (κ1) is 18.2. The SMILES string of the molecule is CCCOC(=O)[C@H]1CCCN1C(=O)CCCCC(=O)n1cccc1. The fourth-order valence-corrected chi connectivity index (χ4v) is 2.94. The summed E-state index contributed by atoms with van der Waals surface area (Å²) in [6.45, 7) is 2.96. The highest BCUT2D eigenvalue weighted by molar-refractivity contribution is 5.85. The van der Waals surface area contributed by atoms with Crippen LogP contribution in [0.2, 0.25) is 0 Å². The highest BCUT2D eigenvalue weighted by Crippen LogP contribution is 2.20. The second-order valence-corrected chi connectivity index (χ2v) is 6.10. The summed E-state index contributed by atoms with van der Waals surface area (Å²) in [6, 6.07) is 3.20. The molecule has 0 bridgehead atoms. The maximum atomic E-state index is 12.3. The van der Waals surface area contributed by atoms with E-state index in [1.807, 2.05) is 19.1 Å². The summed E-state index contributed by atoms with van der Waals surface area (Å²) in [5.74, 6) is -0.264. The van der Waals surface area contributed by atoms with Crippen LogP contribution < -0.4 is 0 Å². The Balaban J connectivity index is 1.71. The number of rotatable bonds is 8. The number of unbranched alkanes of at least 4 members (excludes halogenated alkanes) is 1. The number of esters is 1. The predicted molar refractivity (Wildman–Crippen MR) is 89.5 cm³/mol. The molecule has 0 radical (unpaired) electrons. The highest BCUT2D eigenvalue weighted by Gasteiger charge is 2.34. The first-order chi connectivity index (χ1) is 11.6. The van der Waals surface area contributed by atoms with Crippen LogP contribution in [-0.4, -0.2) is 46.4 Å². The zero-order valence-corrected chi connectivity index (χ0v) is 14.3. The Morgan fingerprint density at radius 3 is 2.42 bits per heavy atom. The summed E-state index contributed by atoms with van der Waals surface area (Å²) in [5, 5.41) is 0. The number of carbonyl (C=O) groups is 3. The predicted octanol–water partition coefficient (Wildman–Crippen LogP) is 2.63. The van der Waals surface area contributed by atoms with Crippen molar-refractivity contribution in [2.75, 3.05) is 13.2 Å². The van der Waals surface area contributed by atoms with E-state index >= 15 is 0 Å². The van der Waals surface area contributed by atoms with Crippen LogP contribution in [0.3, 0.4) is 0 Å². The maximum absolute atomic E-state index is 12.3. The zero-order chi connectivity index (χ0) is 17.4. The van der Waals surface area contributed by atoms with Gasteiger partial charge in [0.2, 0.25) is 11.8 Å². The molecule has 132 valence electrons. The Labute approximate surface area is 142 Å². The molecule has 2 heterocycles. The molecule has 1 aliphatic heterocycles. The monoisotopic (exact) mass is 334 g/mol. The standard InChI is InChI=1S/C18H26N2O4/c1-2-14-24-18(23)15-8-7-13-20(15)17(22)10-4-3-9-16(21)19-11-5-6-12-19/h5-6,11-12,15H,2-4,7-10,13-14H2,1H3/t15-/m1/s1. The van der Waals surface area contributed by atoms with Crippen molar-refractivity contribution in [1.82, 2.24) is 9.47 Å². The van der Waals surface area contributed by atoms with Crippen LogP contribution in [0.1, 0.15) is 56.7 Å². The van der Waals surface area contributed by atoms with Crippen LogP contribution in [0.25, 0.3) is 0 Å². The van der Waals surface area contributed by atoms with Gasteiger partial charge in [-0.1, -0.05) is 6.92 Å². The molecule has 1 amide bonds. The maximum Gasteiger partial charge on any atom is 0.328 e. The van der Waals surface area contributed by atoms with Gasteiger partial charge in [-0.3, -0.25) is 14.2 Å². The topological polar surface area (TPSA) is 68.6 Å². The van der Waals surface area contributed by atoms with Crippen molar-refractivity contribution in [2.24, 2.45) is 0 Å². The molecule has 1 aromatic heterocycles. The normalized spacial score (nSPS) is 17.0. The molecule has 1 saturated heterocycles. The summed E-state index contributed by atoms with van der Waals surface area (Å²) in [5.41, 5.74) is 0. The van der Waals surface area contributed by atoms with E-state index in [0.29, 0.717) is 45.3 Å². The highest BCUT2D eigenvalue weighted by atomic mass is 16.5. The van der Waals surface area contributed by atoms with E-state index in [1.54, 1.807) is 21.9 Å². The number of ether oxygens (including phenoxy) is 1. The molecule has 0 unspecified atom stereocenters. The van der Waals surface area contributed by atoms with Gasteiger partial charge in [0.15, 0.2) is 0 Å². The van der Waals surface area contributed by atoms with E-state index in [4.69, 9.17) is 4.74 Å². The summed E-state index contributed by atoms with van der Waals surface area (Å²) < 4.78 is 6.73. The van der Waals surface area contributed by atoms with Gasteiger partial charge in [0.1, 0.15) is 6.04 Å². The molecule has 0 aromatic carbocycles. The number of carbonyl (C=O) groups excluding carboxylic acids is 3. The number of nitrogens with zero attached hydrogens (tertiary/aromatic N) is 2. The molecular weight excluding hydrogens is 308 g/mol. The fourth-order valence-electron chi connectivity index (χ4n) is 2.94. The van der Waals surface area contributed by atoms with Crippen molar-refractivity contribution in [3.8, 4) is 0 Å². The first-order valence-electron chi connectivity index (χ1n) is 8.75. The van der Waals surface area contributed by atoms with Crippen LogP contribution in [0.5, 0.6) is 0 Å². The molecule has 2 rings (SSSR count). The number of aromatic nitrogens is 1. The van der Waals surface area contributed by atoms with Gasteiger partial charge in [0.05, 0.1) is 6.61 Å². The van der Waals surface area contributed by atoms with Gasteiger partial charge < -0.3 is 9.64 Å². The lowest BCUT2D eigenvalue weighted by Crippen LogP contribution is -2.41. The average molecular weight is 334 g/mol. The van der Waals surface area contributed by atoms with Gasteiger partial charge in [-0.15, -0.1) is 0 Å². The van der Waals surface area contributed by atoms with Gasteiger partial charge in [-0.2, -0.15) is 0 Å². The van der Waals surface area contributed by atoms with Crippen molar-refractivity contribution in [3.05, 3.63) is 24.5 Å². The third-order valence-corrected chi connectivity index (χ3v) is 4.22. The van der Waals surface area contributed by atoms with Crippen molar-refractivity contribution in [1.29, 1.82) is 0 Å². The average Bonchev–Trinajstić information content (AvgIpc) is 3.27. The quantitative estimate of drug-likeness (QED) is 0.541. The molecule has 0 aliphatic carbocycles. The largest absolute Gasteiger partial charge is 0.464 e. The van der Waals surface area contributed by atoms with Crippen molar-refractivity contribution < 1.29 is 19.1 Å². The lowest BCUT2D eigenvalue weighted by Gasteiger charge is -2.23.